The number of nitrogens with zero attached hydrogens (tertiary/aromatic N) is 1. The normalized spacial score (nSPS) is 11.8. The van der Waals surface area contributed by atoms with Gasteiger partial charge in [-0.3, -0.25) is 5.10 Å². The minimum Gasteiger partial charge on any atom is -0.384 e. The molecule has 102 valence electrons. The molecular weight excluding hydrogens is 302 g/mol. The van der Waals surface area contributed by atoms with Crippen LogP contribution in [0.25, 0.3) is 0 Å². The van der Waals surface area contributed by atoms with Crippen LogP contribution in [0, 0.1) is 0 Å². The molecule has 8 heteroatoms. The third-order valence-electron chi connectivity index (χ3n) is 2.57. The molecule has 1 aromatic heterocycles. The van der Waals surface area contributed by atoms with Crippen LogP contribution in [0.3, 0.4) is 0 Å². The van der Waals surface area contributed by atoms with Gasteiger partial charge >= 0.3 is 6.18 Å². The molecule has 2 aromatic rings. The second kappa shape index (κ2) is 4.94. The van der Waals surface area contributed by atoms with E-state index in [1.807, 2.05) is 0 Å². The van der Waals surface area contributed by atoms with Gasteiger partial charge in [-0.15, -0.1) is 0 Å². The maximum Gasteiger partial charge on any atom is 0.435 e. The van der Waals surface area contributed by atoms with Crippen molar-refractivity contribution in [1.82, 2.24) is 10.2 Å². The summed E-state index contributed by atoms with van der Waals surface area (Å²) in [6, 6.07) is 4.74. The third-order valence-corrected chi connectivity index (χ3v) is 3.42. The summed E-state index contributed by atoms with van der Waals surface area (Å²) in [5, 5.41) is 5.79. The van der Waals surface area contributed by atoms with E-state index in [-0.39, 0.29) is 27.8 Å². The first-order valence-electron chi connectivity index (χ1n) is 5.13. The minimum absolute atomic E-state index is 0.101. The number of hydrogen-bond donors (Lipinski definition) is 2. The zero-order valence-corrected chi connectivity index (χ0v) is 10.9. The highest BCUT2D eigenvalue weighted by Gasteiger charge is 2.37. The van der Waals surface area contributed by atoms with E-state index in [4.69, 9.17) is 28.9 Å². The number of hydrogen-bond acceptors (Lipinski definition) is 2. The molecule has 1 aromatic carbocycles. The molecular formula is C11H8Cl2F3N3. The van der Waals surface area contributed by atoms with Crippen molar-refractivity contribution in [3.63, 3.8) is 0 Å². The molecule has 0 bridgehead atoms. The summed E-state index contributed by atoms with van der Waals surface area (Å²) in [7, 11) is 0. The van der Waals surface area contributed by atoms with Gasteiger partial charge in [-0.05, 0) is 11.6 Å². The van der Waals surface area contributed by atoms with Crippen LogP contribution in [-0.4, -0.2) is 10.2 Å². The SMILES string of the molecule is Nc1[nH]nc(C(F)(F)F)c1Cc1cccc(Cl)c1Cl. The molecule has 0 amide bonds. The van der Waals surface area contributed by atoms with E-state index in [9.17, 15) is 13.2 Å². The maximum atomic E-state index is 12.7. The molecule has 0 fully saturated rings. The lowest BCUT2D eigenvalue weighted by Gasteiger charge is -2.09. The van der Waals surface area contributed by atoms with Crippen molar-refractivity contribution in [3.05, 3.63) is 45.1 Å². The van der Waals surface area contributed by atoms with Crippen LogP contribution in [0.4, 0.5) is 19.0 Å². The van der Waals surface area contributed by atoms with E-state index < -0.39 is 11.9 Å². The van der Waals surface area contributed by atoms with E-state index >= 15 is 0 Å². The number of alkyl halides is 3. The smallest absolute Gasteiger partial charge is 0.384 e. The van der Waals surface area contributed by atoms with Crippen molar-refractivity contribution in [1.29, 1.82) is 0 Å². The fourth-order valence-electron chi connectivity index (χ4n) is 1.67. The van der Waals surface area contributed by atoms with Crippen LogP contribution in [0.5, 0.6) is 0 Å². The lowest BCUT2D eigenvalue weighted by Crippen LogP contribution is -2.10. The Bertz CT molecular complexity index is 608. The Kier molecular flexibility index (Phi) is 3.64. The van der Waals surface area contributed by atoms with Crippen LogP contribution in [0.2, 0.25) is 10.0 Å². The fraction of sp³-hybridized carbons (Fsp3) is 0.182. The average Bonchev–Trinajstić information content (AvgIpc) is 2.66. The Balaban J connectivity index is 2.44. The van der Waals surface area contributed by atoms with Gasteiger partial charge in [-0.2, -0.15) is 18.3 Å². The molecule has 0 unspecified atom stereocenters. The number of aromatic nitrogens is 2. The van der Waals surface area contributed by atoms with Crippen LogP contribution in [-0.2, 0) is 12.6 Å². The van der Waals surface area contributed by atoms with Crippen molar-refractivity contribution in [2.75, 3.05) is 5.73 Å². The van der Waals surface area contributed by atoms with Crippen molar-refractivity contribution in [2.45, 2.75) is 12.6 Å². The second-order valence-electron chi connectivity index (χ2n) is 3.85. The van der Waals surface area contributed by atoms with Gasteiger partial charge in [0.1, 0.15) is 5.82 Å². The summed E-state index contributed by atoms with van der Waals surface area (Å²) in [6.45, 7) is 0. The number of aromatic amines is 1. The number of nitrogen functional groups attached to an aromatic ring is 1. The van der Waals surface area contributed by atoms with Gasteiger partial charge in [0.25, 0.3) is 0 Å². The number of nitrogens with two attached hydrogens (primary N) is 1. The lowest BCUT2D eigenvalue weighted by atomic mass is 10.0. The van der Waals surface area contributed by atoms with Crippen LogP contribution < -0.4 is 5.73 Å². The zero-order valence-electron chi connectivity index (χ0n) is 9.35. The van der Waals surface area contributed by atoms with Crippen LogP contribution in [0.1, 0.15) is 16.8 Å². The summed E-state index contributed by atoms with van der Waals surface area (Å²) in [4.78, 5) is 0. The first kappa shape index (κ1) is 14.0. The Morgan fingerprint density at radius 3 is 2.58 bits per heavy atom. The van der Waals surface area contributed by atoms with E-state index in [1.54, 1.807) is 18.2 Å². The Hall–Kier alpha value is -1.40. The summed E-state index contributed by atoms with van der Waals surface area (Å²) >= 11 is 11.8. The molecule has 3 N–H and O–H groups in total. The lowest BCUT2D eigenvalue weighted by molar-refractivity contribution is -0.141. The molecule has 0 radical (unpaired) electrons. The molecule has 0 aliphatic carbocycles. The number of H-pyrrole nitrogens is 1. The molecule has 0 aliphatic rings. The highest BCUT2D eigenvalue weighted by molar-refractivity contribution is 6.42. The Morgan fingerprint density at radius 2 is 1.95 bits per heavy atom. The van der Waals surface area contributed by atoms with Crippen molar-refractivity contribution < 1.29 is 13.2 Å². The van der Waals surface area contributed by atoms with Gasteiger partial charge in [-0.25, -0.2) is 0 Å². The van der Waals surface area contributed by atoms with Crippen LogP contribution in [0.15, 0.2) is 18.2 Å². The van der Waals surface area contributed by atoms with Gasteiger partial charge < -0.3 is 5.73 Å². The summed E-state index contributed by atoms with van der Waals surface area (Å²) in [5.41, 5.74) is 4.75. The molecule has 1 heterocycles. The predicted molar refractivity (Wildman–Crippen MR) is 67.3 cm³/mol. The summed E-state index contributed by atoms with van der Waals surface area (Å²) < 4.78 is 38.2. The molecule has 0 atom stereocenters. The fourth-order valence-corrected chi connectivity index (χ4v) is 2.05. The molecule has 3 nitrogen and oxygen atoms in total. The molecule has 0 saturated carbocycles. The molecule has 2 rings (SSSR count). The van der Waals surface area contributed by atoms with Crippen molar-refractivity contribution >= 4 is 29.0 Å². The van der Waals surface area contributed by atoms with Gasteiger partial charge in [-0.1, -0.05) is 35.3 Å². The Labute approximate surface area is 116 Å². The molecule has 0 saturated heterocycles. The molecule has 0 spiro atoms. The average molecular weight is 310 g/mol. The quantitative estimate of drug-likeness (QED) is 0.883. The standard InChI is InChI=1S/C11H8Cl2F3N3/c12-7-3-1-2-5(8(7)13)4-6-9(11(14,15)16)18-19-10(6)17/h1-3H,4H2,(H3,17,18,19). The van der Waals surface area contributed by atoms with E-state index in [0.717, 1.165) is 0 Å². The molecule has 19 heavy (non-hydrogen) atoms. The van der Waals surface area contributed by atoms with E-state index in [0.29, 0.717) is 5.56 Å². The maximum absolute atomic E-state index is 12.7. The van der Waals surface area contributed by atoms with E-state index in [1.165, 1.54) is 0 Å². The first-order valence-corrected chi connectivity index (χ1v) is 5.89. The topological polar surface area (TPSA) is 54.7 Å². The number of halogens is 5. The summed E-state index contributed by atoms with van der Waals surface area (Å²) in [5.74, 6) is -0.136. The monoisotopic (exact) mass is 309 g/mol. The van der Waals surface area contributed by atoms with Crippen LogP contribution >= 0.6 is 23.2 Å². The van der Waals surface area contributed by atoms with Crippen molar-refractivity contribution in [3.8, 4) is 0 Å². The van der Waals surface area contributed by atoms with Gasteiger partial charge in [0.05, 0.1) is 10.0 Å². The summed E-state index contributed by atoms with van der Waals surface area (Å²) in [6.07, 6.45) is -4.68. The zero-order chi connectivity index (χ0) is 14.2. The first-order chi connectivity index (χ1) is 8.80. The largest absolute Gasteiger partial charge is 0.435 e. The number of benzene rings is 1. The van der Waals surface area contributed by atoms with E-state index in [2.05, 4.69) is 10.2 Å². The molecule has 0 aliphatic heterocycles. The van der Waals surface area contributed by atoms with Gasteiger partial charge in [0.15, 0.2) is 5.69 Å². The van der Waals surface area contributed by atoms with Gasteiger partial charge in [0.2, 0.25) is 0 Å². The second-order valence-corrected chi connectivity index (χ2v) is 4.64. The predicted octanol–water partition coefficient (Wildman–Crippen LogP) is 3.91. The number of rotatable bonds is 2. The highest BCUT2D eigenvalue weighted by Crippen LogP contribution is 2.35. The third kappa shape index (κ3) is 2.79. The van der Waals surface area contributed by atoms with Crippen molar-refractivity contribution in [2.24, 2.45) is 0 Å². The highest BCUT2D eigenvalue weighted by atomic mass is 35.5. The number of anilines is 1. The number of nitrogens with one attached hydrogen (secondary N) is 1. The minimum atomic E-state index is -4.57. The Morgan fingerprint density at radius 1 is 1.26 bits per heavy atom. The van der Waals surface area contributed by atoms with Gasteiger partial charge in [0, 0.05) is 12.0 Å².